The second kappa shape index (κ2) is 5.52. The summed E-state index contributed by atoms with van der Waals surface area (Å²) in [6, 6.07) is 0. The first kappa shape index (κ1) is 15.2. The number of amides is 1. The largest absolute Gasteiger partial charge is 0.371 e. The maximum absolute atomic E-state index is 12.3. The molecule has 1 amide bonds. The monoisotopic (exact) mass is 316 g/mol. The van der Waals surface area contributed by atoms with E-state index < -0.39 is 10.0 Å². The lowest BCUT2D eigenvalue weighted by atomic mass is 9.99. The Morgan fingerprint density at radius 2 is 2.05 bits per heavy atom. The van der Waals surface area contributed by atoms with Gasteiger partial charge >= 0.3 is 0 Å². The minimum atomic E-state index is -3.17. The SMILES string of the molecule is CC(C)CNC(=O)[C@H]1C[C@@H]2CN(S(=O)(=O)C3CC3)C[C@H]1O2. The van der Waals surface area contributed by atoms with Crippen molar-refractivity contribution in [2.75, 3.05) is 19.6 Å². The van der Waals surface area contributed by atoms with Gasteiger partial charge in [-0.05, 0) is 25.2 Å². The summed E-state index contributed by atoms with van der Waals surface area (Å²) in [4.78, 5) is 12.2. The van der Waals surface area contributed by atoms with Crippen LogP contribution in [-0.2, 0) is 19.6 Å². The van der Waals surface area contributed by atoms with Crippen molar-refractivity contribution in [3.63, 3.8) is 0 Å². The summed E-state index contributed by atoms with van der Waals surface area (Å²) in [6.07, 6.45) is 1.75. The van der Waals surface area contributed by atoms with Crippen molar-refractivity contribution in [1.29, 1.82) is 0 Å². The van der Waals surface area contributed by atoms with Gasteiger partial charge < -0.3 is 10.1 Å². The first-order valence-corrected chi connectivity index (χ1v) is 9.30. The fraction of sp³-hybridized carbons (Fsp3) is 0.929. The van der Waals surface area contributed by atoms with Crippen LogP contribution in [0.3, 0.4) is 0 Å². The molecule has 2 saturated heterocycles. The molecule has 7 heteroatoms. The molecule has 0 radical (unpaired) electrons. The Morgan fingerprint density at radius 1 is 1.33 bits per heavy atom. The molecule has 3 rings (SSSR count). The normalized spacial score (nSPS) is 33.4. The average molecular weight is 316 g/mol. The Bertz CT molecular complexity index is 515. The van der Waals surface area contributed by atoms with E-state index in [0.29, 0.717) is 32.0 Å². The molecule has 3 atom stereocenters. The van der Waals surface area contributed by atoms with Gasteiger partial charge in [0, 0.05) is 19.6 Å². The van der Waals surface area contributed by atoms with E-state index in [1.807, 2.05) is 13.8 Å². The predicted octanol–water partition coefficient (Wildman–Crippen LogP) is 0.340. The molecule has 1 saturated carbocycles. The maximum Gasteiger partial charge on any atom is 0.225 e. The van der Waals surface area contributed by atoms with Gasteiger partial charge in [-0.1, -0.05) is 13.8 Å². The van der Waals surface area contributed by atoms with Gasteiger partial charge in [0.1, 0.15) is 0 Å². The van der Waals surface area contributed by atoms with E-state index in [1.165, 1.54) is 0 Å². The van der Waals surface area contributed by atoms with Crippen LogP contribution in [0, 0.1) is 11.8 Å². The molecule has 0 aromatic heterocycles. The molecule has 21 heavy (non-hydrogen) atoms. The summed E-state index contributed by atoms with van der Waals surface area (Å²) in [5, 5.41) is 2.75. The summed E-state index contributed by atoms with van der Waals surface area (Å²) in [5.74, 6) is 0.192. The van der Waals surface area contributed by atoms with E-state index in [0.717, 1.165) is 12.8 Å². The lowest BCUT2D eigenvalue weighted by Gasteiger charge is -2.32. The van der Waals surface area contributed by atoms with Crippen LogP contribution >= 0.6 is 0 Å². The van der Waals surface area contributed by atoms with Crippen LogP contribution < -0.4 is 5.32 Å². The van der Waals surface area contributed by atoms with Crippen molar-refractivity contribution >= 4 is 15.9 Å². The Hall–Kier alpha value is -0.660. The topological polar surface area (TPSA) is 75.7 Å². The number of rotatable bonds is 5. The zero-order valence-corrected chi connectivity index (χ0v) is 13.4. The molecule has 2 bridgehead atoms. The summed E-state index contributed by atoms with van der Waals surface area (Å²) < 4.78 is 32.0. The molecule has 3 fully saturated rings. The number of morpholine rings is 1. The molecule has 6 nitrogen and oxygen atoms in total. The Kier molecular flexibility index (Phi) is 4.00. The number of nitrogens with one attached hydrogen (secondary N) is 1. The van der Waals surface area contributed by atoms with Crippen molar-refractivity contribution in [3.8, 4) is 0 Å². The third kappa shape index (κ3) is 3.10. The van der Waals surface area contributed by atoms with Crippen molar-refractivity contribution in [2.45, 2.75) is 50.6 Å². The van der Waals surface area contributed by atoms with Gasteiger partial charge in [0.25, 0.3) is 0 Å². The molecular formula is C14H24N2O4S. The van der Waals surface area contributed by atoms with Gasteiger partial charge in [-0.2, -0.15) is 4.31 Å². The smallest absolute Gasteiger partial charge is 0.225 e. The van der Waals surface area contributed by atoms with Crippen LogP contribution in [0.4, 0.5) is 0 Å². The number of hydrogen-bond donors (Lipinski definition) is 1. The summed E-state index contributed by atoms with van der Waals surface area (Å²) in [7, 11) is -3.17. The Morgan fingerprint density at radius 3 is 2.67 bits per heavy atom. The first-order valence-electron chi connectivity index (χ1n) is 7.80. The molecule has 0 aromatic carbocycles. The number of carbonyl (C=O) groups is 1. The zero-order chi connectivity index (χ0) is 15.2. The highest BCUT2D eigenvalue weighted by atomic mass is 32.2. The number of sulfonamides is 1. The number of carbonyl (C=O) groups excluding carboxylic acids is 1. The van der Waals surface area contributed by atoms with E-state index in [1.54, 1.807) is 4.31 Å². The van der Waals surface area contributed by atoms with Gasteiger partial charge in [0.2, 0.25) is 15.9 Å². The zero-order valence-electron chi connectivity index (χ0n) is 12.6. The quantitative estimate of drug-likeness (QED) is 0.793. The highest BCUT2D eigenvalue weighted by molar-refractivity contribution is 7.90. The molecule has 0 spiro atoms. The Labute approximate surface area is 126 Å². The van der Waals surface area contributed by atoms with Crippen molar-refractivity contribution in [2.24, 2.45) is 11.8 Å². The summed E-state index contributed by atoms with van der Waals surface area (Å²) in [6.45, 7) is 5.48. The number of fused-ring (bicyclic) bond motifs is 2. The van der Waals surface area contributed by atoms with E-state index >= 15 is 0 Å². The average Bonchev–Trinajstić information content (AvgIpc) is 3.23. The van der Waals surface area contributed by atoms with Crippen LogP contribution in [0.2, 0.25) is 0 Å². The highest BCUT2D eigenvalue weighted by Crippen LogP contribution is 2.37. The van der Waals surface area contributed by atoms with Crippen LogP contribution in [0.25, 0.3) is 0 Å². The van der Waals surface area contributed by atoms with Crippen LogP contribution in [0.1, 0.15) is 33.1 Å². The molecule has 1 aliphatic carbocycles. The molecule has 120 valence electrons. The maximum atomic E-state index is 12.3. The van der Waals surface area contributed by atoms with Gasteiger partial charge in [0.15, 0.2) is 0 Å². The number of nitrogens with zero attached hydrogens (tertiary/aromatic N) is 1. The highest BCUT2D eigenvalue weighted by Gasteiger charge is 2.50. The number of ether oxygens (including phenoxy) is 1. The molecule has 0 aromatic rings. The molecule has 0 unspecified atom stereocenters. The minimum Gasteiger partial charge on any atom is -0.371 e. The minimum absolute atomic E-state index is 0.00173. The number of hydrogen-bond acceptors (Lipinski definition) is 4. The lowest BCUT2D eigenvalue weighted by molar-refractivity contribution is -0.127. The van der Waals surface area contributed by atoms with Gasteiger partial charge in [-0.3, -0.25) is 4.79 Å². The fourth-order valence-corrected chi connectivity index (χ4v) is 5.00. The van der Waals surface area contributed by atoms with Gasteiger partial charge in [-0.25, -0.2) is 8.42 Å². The molecule has 3 aliphatic rings. The standard InChI is InChI=1S/C14H24N2O4S/c1-9(2)6-15-14(17)12-5-10-7-16(8-13(12)20-10)21(18,19)11-3-4-11/h9-13H,3-8H2,1-2H3,(H,15,17)/t10-,12+,13-/m1/s1. The second-order valence-corrected chi connectivity index (χ2v) is 9.05. The van der Waals surface area contributed by atoms with E-state index in [2.05, 4.69) is 5.32 Å². The lowest BCUT2D eigenvalue weighted by Crippen LogP contribution is -2.48. The summed E-state index contributed by atoms with van der Waals surface area (Å²) in [5.41, 5.74) is 0. The van der Waals surface area contributed by atoms with E-state index in [-0.39, 0.29) is 29.3 Å². The Balaban J connectivity index is 1.63. The first-order chi connectivity index (χ1) is 9.88. The van der Waals surface area contributed by atoms with Crippen LogP contribution in [-0.4, -0.2) is 55.7 Å². The van der Waals surface area contributed by atoms with Crippen molar-refractivity contribution in [1.82, 2.24) is 9.62 Å². The molecule has 1 N–H and O–H groups in total. The van der Waals surface area contributed by atoms with Crippen LogP contribution in [0.5, 0.6) is 0 Å². The van der Waals surface area contributed by atoms with E-state index in [9.17, 15) is 13.2 Å². The van der Waals surface area contributed by atoms with Crippen molar-refractivity contribution in [3.05, 3.63) is 0 Å². The van der Waals surface area contributed by atoms with Crippen molar-refractivity contribution < 1.29 is 17.9 Å². The molecule has 2 aliphatic heterocycles. The fourth-order valence-electron chi connectivity index (χ4n) is 3.12. The van der Waals surface area contributed by atoms with Gasteiger partial charge in [0.05, 0.1) is 23.4 Å². The van der Waals surface area contributed by atoms with E-state index in [4.69, 9.17) is 4.74 Å². The van der Waals surface area contributed by atoms with Crippen LogP contribution in [0.15, 0.2) is 0 Å². The molecular weight excluding hydrogens is 292 g/mol. The second-order valence-electron chi connectivity index (χ2n) is 6.84. The molecule has 2 heterocycles. The van der Waals surface area contributed by atoms with Gasteiger partial charge in [-0.15, -0.1) is 0 Å². The third-order valence-corrected chi connectivity index (χ3v) is 6.78. The predicted molar refractivity (Wildman–Crippen MR) is 78.1 cm³/mol. The summed E-state index contributed by atoms with van der Waals surface area (Å²) >= 11 is 0. The third-order valence-electron chi connectivity index (χ3n) is 4.45.